The number of tetrazole rings is 1. The Morgan fingerprint density at radius 1 is 1.38 bits per heavy atom. The number of anilines is 1. The van der Waals surface area contributed by atoms with Gasteiger partial charge in [-0.3, -0.25) is 0 Å². The fourth-order valence-corrected chi connectivity index (χ4v) is 3.31. The van der Waals surface area contributed by atoms with Crippen molar-refractivity contribution >= 4 is 5.69 Å². The van der Waals surface area contributed by atoms with Gasteiger partial charge < -0.3 is 5.73 Å². The van der Waals surface area contributed by atoms with Crippen LogP contribution in [0.3, 0.4) is 0 Å². The summed E-state index contributed by atoms with van der Waals surface area (Å²) in [6.07, 6.45) is 5.08. The van der Waals surface area contributed by atoms with Gasteiger partial charge in [-0.05, 0) is 72.1 Å². The summed E-state index contributed by atoms with van der Waals surface area (Å²) in [6.45, 7) is 2.49. The lowest BCUT2D eigenvalue weighted by Gasteiger charge is -2.15. The molecule has 2 fully saturated rings. The van der Waals surface area contributed by atoms with Gasteiger partial charge in [-0.25, -0.2) is 9.07 Å². The van der Waals surface area contributed by atoms with Crippen molar-refractivity contribution in [1.82, 2.24) is 20.2 Å². The molecule has 2 aromatic rings. The maximum atomic E-state index is 14.4. The smallest absolute Gasteiger partial charge is 0.185 e. The molecule has 5 nitrogen and oxygen atoms in total. The van der Waals surface area contributed by atoms with Crippen LogP contribution in [0.15, 0.2) is 12.1 Å². The number of hydrogen-bond donors (Lipinski definition) is 1. The lowest BCUT2D eigenvalue weighted by atomic mass is 10.0. The molecule has 0 amide bonds. The Labute approximate surface area is 122 Å². The maximum absolute atomic E-state index is 14.4. The largest absolute Gasteiger partial charge is 0.399 e. The third kappa shape index (κ3) is 2.09. The van der Waals surface area contributed by atoms with Crippen molar-refractivity contribution in [2.75, 3.05) is 5.73 Å². The lowest BCUT2D eigenvalue weighted by Crippen LogP contribution is -2.16. The number of nitrogens with zero attached hydrogens (tertiary/aromatic N) is 4. The molecule has 21 heavy (non-hydrogen) atoms. The molecule has 0 radical (unpaired) electrons. The van der Waals surface area contributed by atoms with Crippen LogP contribution in [-0.2, 0) is 6.54 Å². The second kappa shape index (κ2) is 4.26. The van der Waals surface area contributed by atoms with Crippen LogP contribution < -0.4 is 5.73 Å². The predicted molar refractivity (Wildman–Crippen MR) is 76.8 cm³/mol. The van der Waals surface area contributed by atoms with Gasteiger partial charge in [-0.1, -0.05) is 0 Å². The summed E-state index contributed by atoms with van der Waals surface area (Å²) in [5.41, 5.74) is 7.63. The first-order valence-electron chi connectivity index (χ1n) is 7.41. The Balaban J connectivity index is 1.72. The van der Waals surface area contributed by atoms with Gasteiger partial charge in [0.05, 0.1) is 12.1 Å². The van der Waals surface area contributed by atoms with E-state index in [1.165, 1.54) is 25.7 Å². The molecule has 110 valence electrons. The number of aromatic nitrogens is 4. The molecule has 2 saturated carbocycles. The van der Waals surface area contributed by atoms with Crippen LogP contribution in [0.2, 0.25) is 0 Å². The minimum atomic E-state index is -0.295. The molecule has 2 aliphatic rings. The van der Waals surface area contributed by atoms with E-state index in [9.17, 15) is 4.39 Å². The lowest BCUT2D eigenvalue weighted by molar-refractivity contribution is 0.348. The summed E-state index contributed by atoms with van der Waals surface area (Å²) >= 11 is 0. The van der Waals surface area contributed by atoms with Crippen molar-refractivity contribution in [3.05, 3.63) is 23.5 Å². The van der Waals surface area contributed by atoms with Crippen molar-refractivity contribution in [3.8, 4) is 11.4 Å². The Kier molecular flexibility index (Phi) is 2.58. The molecular formula is C15H18FN5. The molecule has 6 heteroatoms. The summed E-state index contributed by atoms with van der Waals surface area (Å²) in [5.74, 6) is 0.994. The Morgan fingerprint density at radius 3 is 2.81 bits per heavy atom. The second-order valence-electron chi connectivity index (χ2n) is 6.50. The fraction of sp³-hybridized carbons (Fsp3) is 0.533. The molecule has 0 aliphatic heterocycles. The highest BCUT2D eigenvalue weighted by Gasteiger charge is 2.54. The van der Waals surface area contributed by atoms with E-state index in [2.05, 4.69) is 15.5 Å². The summed E-state index contributed by atoms with van der Waals surface area (Å²) in [5, 5.41) is 11.9. The number of nitrogen functional groups attached to an aromatic ring is 1. The molecule has 0 atom stereocenters. The molecule has 0 spiro atoms. The van der Waals surface area contributed by atoms with E-state index in [-0.39, 0.29) is 5.82 Å². The molecule has 1 heterocycles. The maximum Gasteiger partial charge on any atom is 0.185 e. The normalized spacial score (nSPS) is 19.7. The number of benzene rings is 1. The molecule has 1 aromatic heterocycles. The van der Waals surface area contributed by atoms with E-state index in [4.69, 9.17) is 5.73 Å². The highest BCUT2D eigenvalue weighted by atomic mass is 19.1. The van der Waals surface area contributed by atoms with Crippen LogP contribution in [-0.4, -0.2) is 20.2 Å². The fourth-order valence-electron chi connectivity index (χ4n) is 3.31. The third-order valence-corrected chi connectivity index (χ3v) is 4.85. The van der Waals surface area contributed by atoms with E-state index in [0.717, 1.165) is 12.5 Å². The standard InChI is InChI=1S/C15H18FN5/c1-9-6-11(17)7-12(13(9)16)14-18-19-20-21(14)8-15(4-5-15)10-2-3-10/h6-7,10H,2-5,8,17H2,1H3. The molecule has 0 saturated heterocycles. The first-order chi connectivity index (χ1) is 10.1. The minimum Gasteiger partial charge on any atom is -0.399 e. The van der Waals surface area contributed by atoms with Crippen LogP contribution >= 0.6 is 0 Å². The third-order valence-electron chi connectivity index (χ3n) is 4.85. The van der Waals surface area contributed by atoms with Gasteiger partial charge in [0.2, 0.25) is 0 Å². The first kappa shape index (κ1) is 12.7. The van der Waals surface area contributed by atoms with Crippen LogP contribution in [0.5, 0.6) is 0 Å². The van der Waals surface area contributed by atoms with Crippen molar-refractivity contribution < 1.29 is 4.39 Å². The average molecular weight is 287 g/mol. The molecule has 0 unspecified atom stereocenters. The average Bonchev–Trinajstić information content (AvgIpc) is 3.33. The zero-order valence-electron chi connectivity index (χ0n) is 12.0. The van der Waals surface area contributed by atoms with Crippen LogP contribution in [0.1, 0.15) is 31.2 Å². The van der Waals surface area contributed by atoms with Crippen molar-refractivity contribution in [2.24, 2.45) is 11.3 Å². The van der Waals surface area contributed by atoms with E-state index in [0.29, 0.717) is 28.1 Å². The van der Waals surface area contributed by atoms with Gasteiger partial charge in [0.1, 0.15) is 5.82 Å². The van der Waals surface area contributed by atoms with E-state index in [1.807, 2.05) is 0 Å². The van der Waals surface area contributed by atoms with Crippen molar-refractivity contribution in [2.45, 2.75) is 39.2 Å². The first-order valence-corrected chi connectivity index (χ1v) is 7.41. The van der Waals surface area contributed by atoms with Crippen LogP contribution in [0, 0.1) is 24.1 Å². The molecule has 4 rings (SSSR count). The van der Waals surface area contributed by atoms with Crippen LogP contribution in [0.4, 0.5) is 10.1 Å². The molecule has 2 N–H and O–H groups in total. The van der Waals surface area contributed by atoms with Gasteiger partial charge in [0, 0.05) is 5.69 Å². The topological polar surface area (TPSA) is 69.6 Å². The highest BCUT2D eigenvalue weighted by Crippen LogP contribution is 2.62. The zero-order valence-corrected chi connectivity index (χ0v) is 12.0. The summed E-state index contributed by atoms with van der Waals surface area (Å²) in [7, 11) is 0. The number of rotatable bonds is 4. The van der Waals surface area contributed by atoms with Gasteiger partial charge in [-0.15, -0.1) is 5.10 Å². The summed E-state index contributed by atoms with van der Waals surface area (Å²) in [4.78, 5) is 0. The molecule has 0 bridgehead atoms. The van der Waals surface area contributed by atoms with E-state index in [1.54, 1.807) is 23.7 Å². The number of aryl methyl sites for hydroxylation is 1. The Morgan fingerprint density at radius 2 is 2.14 bits per heavy atom. The van der Waals surface area contributed by atoms with Gasteiger partial charge in [0.25, 0.3) is 0 Å². The summed E-state index contributed by atoms with van der Waals surface area (Å²) < 4.78 is 16.1. The van der Waals surface area contributed by atoms with Gasteiger partial charge in [0.15, 0.2) is 5.82 Å². The van der Waals surface area contributed by atoms with E-state index >= 15 is 0 Å². The quantitative estimate of drug-likeness (QED) is 0.877. The summed E-state index contributed by atoms with van der Waals surface area (Å²) in [6, 6.07) is 3.24. The monoisotopic (exact) mass is 287 g/mol. The van der Waals surface area contributed by atoms with Crippen molar-refractivity contribution in [1.29, 1.82) is 0 Å². The van der Waals surface area contributed by atoms with Gasteiger partial charge >= 0.3 is 0 Å². The second-order valence-corrected chi connectivity index (χ2v) is 6.50. The van der Waals surface area contributed by atoms with Crippen molar-refractivity contribution in [3.63, 3.8) is 0 Å². The van der Waals surface area contributed by atoms with E-state index < -0.39 is 0 Å². The number of hydrogen-bond acceptors (Lipinski definition) is 4. The Hall–Kier alpha value is -1.98. The SMILES string of the molecule is Cc1cc(N)cc(-c2nnnn2CC2(C3CC3)CC2)c1F. The zero-order chi connectivity index (χ0) is 14.6. The van der Waals surface area contributed by atoms with Gasteiger partial charge in [-0.2, -0.15) is 0 Å². The predicted octanol–water partition coefficient (Wildman–Crippen LogP) is 2.56. The molecule has 2 aliphatic carbocycles. The Bertz CT molecular complexity index is 700. The minimum absolute atomic E-state index is 0.295. The number of nitrogens with two attached hydrogens (primary N) is 1. The highest BCUT2D eigenvalue weighted by molar-refractivity contribution is 5.63. The molecular weight excluding hydrogens is 269 g/mol. The van der Waals surface area contributed by atoms with Crippen LogP contribution in [0.25, 0.3) is 11.4 Å². The molecule has 1 aromatic carbocycles. The number of halogens is 1.